The summed E-state index contributed by atoms with van der Waals surface area (Å²) in [6.07, 6.45) is 0. The Hall–Kier alpha value is -0.820. The Morgan fingerprint density at radius 3 is 2.44 bits per heavy atom. The number of hydrogen-bond donors (Lipinski definition) is 2. The summed E-state index contributed by atoms with van der Waals surface area (Å²) in [5.41, 5.74) is 0.899. The Bertz CT molecular complexity index is 321. The summed E-state index contributed by atoms with van der Waals surface area (Å²) >= 11 is 0. The van der Waals surface area contributed by atoms with Crippen LogP contribution in [0.5, 0.6) is 0 Å². The molecular formula is C9H13N3NaO3+. The van der Waals surface area contributed by atoms with Gasteiger partial charge in [-0.05, 0) is 5.56 Å². The van der Waals surface area contributed by atoms with Crippen molar-refractivity contribution in [3.05, 3.63) is 41.1 Å². The molecule has 0 bridgehead atoms. The van der Waals surface area contributed by atoms with Crippen LogP contribution in [0.15, 0.2) is 35.6 Å². The van der Waals surface area contributed by atoms with E-state index >= 15 is 0 Å². The van der Waals surface area contributed by atoms with E-state index in [1.807, 2.05) is 30.3 Å². The van der Waals surface area contributed by atoms with Crippen molar-refractivity contribution in [2.75, 3.05) is 13.2 Å². The van der Waals surface area contributed by atoms with Crippen LogP contribution < -0.4 is 29.6 Å². The maximum Gasteiger partial charge on any atom is 1.00 e. The smallest absolute Gasteiger partial charge is 0.569 e. The Balaban J connectivity index is 0.00000225. The summed E-state index contributed by atoms with van der Waals surface area (Å²) < 4.78 is 0. The van der Waals surface area contributed by atoms with Gasteiger partial charge in [0.05, 0.1) is 11.6 Å². The summed E-state index contributed by atoms with van der Waals surface area (Å²) in [6.45, 7) is 0.221. The molecule has 0 aromatic heterocycles. The van der Waals surface area contributed by atoms with Crippen molar-refractivity contribution in [2.24, 2.45) is 5.28 Å². The van der Waals surface area contributed by atoms with Gasteiger partial charge in [-0.3, -0.25) is 0 Å². The minimum atomic E-state index is -0.179. The van der Waals surface area contributed by atoms with Crippen molar-refractivity contribution in [3.63, 3.8) is 0 Å². The van der Waals surface area contributed by atoms with Crippen LogP contribution in [-0.2, 0) is 6.54 Å². The maximum absolute atomic E-state index is 11.0. The topological polar surface area (TPSA) is 82.1 Å². The van der Waals surface area contributed by atoms with Gasteiger partial charge in [0.15, 0.2) is 0 Å². The van der Waals surface area contributed by atoms with E-state index in [0.717, 1.165) is 5.56 Å². The van der Waals surface area contributed by atoms with Crippen molar-refractivity contribution in [1.29, 1.82) is 0 Å². The van der Waals surface area contributed by atoms with Gasteiger partial charge in [-0.1, -0.05) is 30.3 Å². The molecule has 0 spiro atoms. The zero-order valence-electron chi connectivity index (χ0n) is 9.15. The molecule has 0 atom stereocenters. The normalized spacial score (nSPS) is 10.7. The van der Waals surface area contributed by atoms with Gasteiger partial charge in [-0.2, -0.15) is 0 Å². The van der Waals surface area contributed by atoms with Crippen LogP contribution in [0, 0.1) is 5.21 Å². The van der Waals surface area contributed by atoms with E-state index in [0.29, 0.717) is 0 Å². The van der Waals surface area contributed by atoms with Gasteiger partial charge in [0, 0.05) is 0 Å². The van der Waals surface area contributed by atoms with Gasteiger partial charge in [0.25, 0.3) is 0 Å². The fraction of sp³-hybridized carbons (Fsp3) is 0.333. The van der Waals surface area contributed by atoms with Gasteiger partial charge in [0.2, 0.25) is 5.28 Å². The Morgan fingerprint density at radius 2 is 1.94 bits per heavy atom. The zero-order chi connectivity index (χ0) is 11.1. The number of nitrogens with zero attached hydrogens (tertiary/aromatic N) is 3. The van der Waals surface area contributed by atoms with E-state index < -0.39 is 0 Å². The minimum Gasteiger partial charge on any atom is -0.569 e. The summed E-state index contributed by atoms with van der Waals surface area (Å²) in [6, 6.07) is 9.24. The summed E-state index contributed by atoms with van der Waals surface area (Å²) in [5.74, 6) is 0. The predicted molar refractivity (Wildman–Crippen MR) is 51.8 cm³/mol. The van der Waals surface area contributed by atoms with Crippen LogP contribution in [0.4, 0.5) is 0 Å². The molecule has 0 unspecified atom stereocenters. The molecule has 1 rings (SSSR count). The second-order valence-electron chi connectivity index (χ2n) is 2.94. The molecule has 1 aromatic rings. The molecule has 2 N–H and O–H groups in total. The minimum absolute atomic E-state index is 0. The molecule has 1 aromatic carbocycles. The van der Waals surface area contributed by atoms with E-state index in [1.165, 1.54) is 5.01 Å². The van der Waals surface area contributed by atoms with E-state index in [-0.39, 0.29) is 54.2 Å². The molecule has 0 aliphatic rings. The molecule has 6 nitrogen and oxygen atoms in total. The number of aliphatic hydroxyl groups is 1. The van der Waals surface area contributed by atoms with Crippen LogP contribution in [0.25, 0.3) is 0 Å². The molecule has 7 heteroatoms. The molecule has 0 aliphatic carbocycles. The SMILES string of the molecule is [Na+].[O-][N+](=NO)N(CCO)Cc1ccccc1. The van der Waals surface area contributed by atoms with E-state index in [1.54, 1.807) is 0 Å². The largest absolute Gasteiger partial charge is 1.00 e. The number of aliphatic hydroxyl groups excluding tert-OH is 1. The third-order valence-electron chi connectivity index (χ3n) is 1.88. The average molecular weight is 234 g/mol. The van der Waals surface area contributed by atoms with Gasteiger partial charge in [-0.15, -0.1) is 5.01 Å². The summed E-state index contributed by atoms with van der Waals surface area (Å²) in [5, 5.41) is 31.7. The number of hydrogen-bond acceptors (Lipinski definition) is 3. The van der Waals surface area contributed by atoms with Gasteiger partial charge in [0.1, 0.15) is 13.1 Å². The standard InChI is InChI=1S/C9H13N3O3.Na/c13-7-6-11(12(15)10-14)8-9-4-2-1-3-5-9;/h1-5,13-14H,6-8H2;/q;+1. The van der Waals surface area contributed by atoms with Gasteiger partial charge < -0.3 is 15.5 Å². The van der Waals surface area contributed by atoms with E-state index in [4.69, 9.17) is 10.3 Å². The number of benzene rings is 1. The Labute approximate surface area is 116 Å². The second-order valence-corrected chi connectivity index (χ2v) is 2.94. The molecule has 0 saturated carbocycles. The molecule has 0 aliphatic heterocycles. The molecule has 0 fully saturated rings. The maximum atomic E-state index is 11.0. The van der Waals surface area contributed by atoms with E-state index in [2.05, 4.69) is 5.28 Å². The fourth-order valence-electron chi connectivity index (χ4n) is 1.19. The molecule has 0 saturated heterocycles. The summed E-state index contributed by atoms with van der Waals surface area (Å²) in [7, 11) is 0. The first-order valence-corrected chi connectivity index (χ1v) is 4.50. The number of hydrazine groups is 1. The van der Waals surface area contributed by atoms with Crippen molar-refractivity contribution in [1.82, 2.24) is 5.01 Å². The van der Waals surface area contributed by atoms with Crippen molar-refractivity contribution in [2.45, 2.75) is 6.54 Å². The van der Waals surface area contributed by atoms with Gasteiger partial charge >= 0.3 is 29.6 Å². The second kappa shape index (κ2) is 8.35. The molecular weight excluding hydrogens is 221 g/mol. The quantitative estimate of drug-likeness (QED) is 0.261. The molecule has 0 amide bonds. The van der Waals surface area contributed by atoms with Gasteiger partial charge in [-0.25, -0.2) is 0 Å². The Morgan fingerprint density at radius 1 is 1.31 bits per heavy atom. The fourth-order valence-corrected chi connectivity index (χ4v) is 1.19. The third kappa shape index (κ3) is 4.80. The molecule has 16 heavy (non-hydrogen) atoms. The van der Waals surface area contributed by atoms with Crippen LogP contribution >= 0.6 is 0 Å². The first kappa shape index (κ1) is 15.2. The first-order valence-electron chi connectivity index (χ1n) is 4.50. The Kier molecular flexibility index (Phi) is 7.92. The molecule has 0 heterocycles. The van der Waals surface area contributed by atoms with Crippen LogP contribution in [0.1, 0.15) is 5.56 Å². The zero-order valence-corrected chi connectivity index (χ0v) is 11.2. The van der Waals surface area contributed by atoms with Crippen molar-refractivity contribution < 1.29 is 44.8 Å². The predicted octanol–water partition coefficient (Wildman–Crippen LogP) is -2.25. The van der Waals surface area contributed by atoms with Crippen LogP contribution in [0.2, 0.25) is 0 Å². The monoisotopic (exact) mass is 234 g/mol. The molecule has 82 valence electrons. The third-order valence-corrected chi connectivity index (χ3v) is 1.88. The van der Waals surface area contributed by atoms with E-state index in [9.17, 15) is 5.21 Å². The van der Waals surface area contributed by atoms with Crippen LogP contribution in [0.3, 0.4) is 0 Å². The molecule has 0 radical (unpaired) electrons. The van der Waals surface area contributed by atoms with Crippen LogP contribution in [-0.4, -0.2) is 33.4 Å². The number of rotatable bonds is 5. The van der Waals surface area contributed by atoms with Crippen molar-refractivity contribution in [3.8, 4) is 0 Å². The first-order chi connectivity index (χ1) is 7.27. The summed E-state index contributed by atoms with van der Waals surface area (Å²) in [4.78, 5) is 0.0587. The average Bonchev–Trinajstić information content (AvgIpc) is 2.29. The van der Waals surface area contributed by atoms with Crippen molar-refractivity contribution >= 4 is 0 Å².